The van der Waals surface area contributed by atoms with Crippen LogP contribution >= 0.6 is 11.3 Å². The Bertz CT molecular complexity index is 1010. The van der Waals surface area contributed by atoms with E-state index in [1.54, 1.807) is 0 Å². The number of nitro groups is 1. The predicted octanol–water partition coefficient (Wildman–Crippen LogP) is 3.31. The van der Waals surface area contributed by atoms with E-state index in [-0.39, 0.29) is 15.7 Å². The van der Waals surface area contributed by atoms with Crippen LogP contribution in [0, 0.1) is 17.0 Å². The van der Waals surface area contributed by atoms with Gasteiger partial charge in [0.2, 0.25) is 0 Å². The van der Waals surface area contributed by atoms with Crippen molar-refractivity contribution in [2.45, 2.75) is 11.8 Å². The minimum atomic E-state index is -3.94. The van der Waals surface area contributed by atoms with Gasteiger partial charge in [0.15, 0.2) is 5.13 Å². The van der Waals surface area contributed by atoms with Crippen molar-refractivity contribution in [3.8, 4) is 0 Å². The smallest absolute Gasteiger partial charge is 0.258 e. The molecule has 0 unspecified atom stereocenters. The predicted molar refractivity (Wildman–Crippen MR) is 88.3 cm³/mol. The molecule has 2 aromatic carbocycles. The van der Waals surface area contributed by atoms with Gasteiger partial charge in [-0.25, -0.2) is 13.4 Å². The lowest BCUT2D eigenvalue weighted by atomic mass is 10.2. The van der Waals surface area contributed by atoms with Crippen LogP contribution in [-0.2, 0) is 10.0 Å². The van der Waals surface area contributed by atoms with Crippen LogP contribution < -0.4 is 4.72 Å². The number of rotatable bonds is 4. The summed E-state index contributed by atoms with van der Waals surface area (Å²) in [6.07, 6.45) is 0. The van der Waals surface area contributed by atoms with E-state index >= 15 is 0 Å². The van der Waals surface area contributed by atoms with E-state index in [1.807, 2.05) is 25.1 Å². The van der Waals surface area contributed by atoms with Crippen LogP contribution in [-0.4, -0.2) is 18.3 Å². The van der Waals surface area contributed by atoms with E-state index < -0.39 is 14.9 Å². The van der Waals surface area contributed by atoms with E-state index in [9.17, 15) is 18.5 Å². The number of fused-ring (bicyclic) bond motifs is 1. The largest absolute Gasteiger partial charge is 0.270 e. The summed E-state index contributed by atoms with van der Waals surface area (Å²) in [6.45, 7) is 1.89. The number of nitro benzene ring substituents is 1. The highest BCUT2D eigenvalue weighted by Crippen LogP contribution is 2.29. The third-order valence-electron chi connectivity index (χ3n) is 3.18. The lowest BCUT2D eigenvalue weighted by Gasteiger charge is -2.04. The number of aromatic nitrogens is 1. The van der Waals surface area contributed by atoms with Gasteiger partial charge in [-0.2, -0.15) is 0 Å². The van der Waals surface area contributed by atoms with Crippen molar-refractivity contribution < 1.29 is 13.3 Å². The van der Waals surface area contributed by atoms with Crippen LogP contribution in [0.1, 0.15) is 5.56 Å². The monoisotopic (exact) mass is 349 g/mol. The molecule has 0 aliphatic carbocycles. The Kier molecular flexibility index (Phi) is 3.74. The first-order valence-electron chi connectivity index (χ1n) is 6.50. The van der Waals surface area contributed by atoms with Gasteiger partial charge in [-0.15, -0.1) is 0 Å². The third kappa shape index (κ3) is 3.01. The van der Waals surface area contributed by atoms with E-state index in [0.717, 1.165) is 21.8 Å². The third-order valence-corrected chi connectivity index (χ3v) is 5.58. The van der Waals surface area contributed by atoms with E-state index in [0.29, 0.717) is 0 Å². The van der Waals surface area contributed by atoms with Gasteiger partial charge in [0.05, 0.1) is 20.0 Å². The molecule has 0 saturated carbocycles. The SMILES string of the molecule is Cc1cccc2sc(NS(=O)(=O)c3cccc([N+](=O)[O-])c3)nc12. The van der Waals surface area contributed by atoms with Gasteiger partial charge in [-0.05, 0) is 24.6 Å². The topological polar surface area (TPSA) is 102 Å². The van der Waals surface area contributed by atoms with Crippen molar-refractivity contribution in [2.24, 2.45) is 0 Å². The number of sulfonamides is 1. The van der Waals surface area contributed by atoms with Gasteiger partial charge in [0, 0.05) is 12.1 Å². The number of aryl methyl sites for hydroxylation is 1. The second kappa shape index (κ2) is 5.60. The molecule has 118 valence electrons. The second-order valence-corrected chi connectivity index (χ2v) is 7.51. The number of non-ortho nitro benzene ring substituents is 1. The Hall–Kier alpha value is -2.52. The minimum Gasteiger partial charge on any atom is -0.258 e. The molecular formula is C14H11N3O4S2. The summed E-state index contributed by atoms with van der Waals surface area (Å²) in [5.41, 5.74) is 1.39. The Labute approximate surface area is 135 Å². The second-order valence-electron chi connectivity index (χ2n) is 4.80. The molecule has 3 rings (SSSR count). The first kappa shape index (κ1) is 15.4. The molecular weight excluding hydrogens is 338 g/mol. The average molecular weight is 349 g/mol. The Morgan fingerprint density at radius 3 is 2.65 bits per heavy atom. The fourth-order valence-corrected chi connectivity index (χ4v) is 4.29. The normalized spacial score (nSPS) is 11.5. The zero-order valence-corrected chi connectivity index (χ0v) is 13.5. The lowest BCUT2D eigenvalue weighted by molar-refractivity contribution is -0.385. The summed E-state index contributed by atoms with van der Waals surface area (Å²) in [5, 5.41) is 11.0. The lowest BCUT2D eigenvalue weighted by Crippen LogP contribution is -2.12. The van der Waals surface area contributed by atoms with Crippen LogP contribution in [0.2, 0.25) is 0 Å². The molecule has 0 aliphatic heterocycles. The van der Waals surface area contributed by atoms with E-state index in [1.165, 1.54) is 29.5 Å². The highest BCUT2D eigenvalue weighted by atomic mass is 32.2. The van der Waals surface area contributed by atoms with Crippen molar-refractivity contribution in [2.75, 3.05) is 4.72 Å². The molecule has 0 atom stereocenters. The summed E-state index contributed by atoms with van der Waals surface area (Å²) in [7, 11) is -3.94. The molecule has 3 aromatic rings. The summed E-state index contributed by atoms with van der Waals surface area (Å²) >= 11 is 1.21. The molecule has 0 saturated heterocycles. The fraction of sp³-hybridized carbons (Fsp3) is 0.0714. The maximum Gasteiger partial charge on any atom is 0.270 e. The van der Waals surface area contributed by atoms with Gasteiger partial charge < -0.3 is 0 Å². The minimum absolute atomic E-state index is 0.178. The van der Waals surface area contributed by atoms with Crippen LogP contribution in [0.15, 0.2) is 47.4 Å². The van der Waals surface area contributed by atoms with Crippen molar-refractivity contribution in [1.82, 2.24) is 4.98 Å². The highest BCUT2D eigenvalue weighted by molar-refractivity contribution is 7.93. The molecule has 0 bridgehead atoms. The number of para-hydroxylation sites is 1. The molecule has 1 aromatic heterocycles. The van der Waals surface area contributed by atoms with Crippen molar-refractivity contribution in [3.63, 3.8) is 0 Å². The van der Waals surface area contributed by atoms with Gasteiger partial charge in [0.25, 0.3) is 15.7 Å². The molecule has 1 N–H and O–H groups in total. The fourth-order valence-electron chi connectivity index (χ4n) is 2.07. The molecule has 0 aliphatic rings. The van der Waals surface area contributed by atoms with E-state index in [2.05, 4.69) is 9.71 Å². The molecule has 1 heterocycles. The van der Waals surface area contributed by atoms with Gasteiger partial charge >= 0.3 is 0 Å². The molecule has 0 radical (unpaired) electrons. The van der Waals surface area contributed by atoms with E-state index in [4.69, 9.17) is 0 Å². The van der Waals surface area contributed by atoms with Gasteiger partial charge in [-0.1, -0.05) is 29.5 Å². The zero-order chi connectivity index (χ0) is 16.6. The summed E-state index contributed by atoms with van der Waals surface area (Å²) in [5.74, 6) is 0. The molecule has 9 heteroatoms. The van der Waals surface area contributed by atoms with Gasteiger partial charge in [-0.3, -0.25) is 14.8 Å². The summed E-state index contributed by atoms with van der Waals surface area (Å²) in [4.78, 5) is 14.2. The van der Waals surface area contributed by atoms with Gasteiger partial charge in [0.1, 0.15) is 0 Å². The van der Waals surface area contributed by atoms with Crippen molar-refractivity contribution >= 4 is 42.4 Å². The molecule has 23 heavy (non-hydrogen) atoms. The van der Waals surface area contributed by atoms with Crippen LogP contribution in [0.4, 0.5) is 10.8 Å². The standard InChI is InChI=1S/C14H11N3O4S2/c1-9-4-2-7-12-13(9)15-14(22-12)16-23(20,21)11-6-3-5-10(8-11)17(18)19/h2-8H,1H3,(H,15,16). The van der Waals surface area contributed by atoms with Crippen LogP contribution in [0.3, 0.4) is 0 Å². The first-order chi connectivity index (χ1) is 10.9. The number of nitrogens with one attached hydrogen (secondary N) is 1. The maximum atomic E-state index is 12.4. The Morgan fingerprint density at radius 1 is 1.22 bits per heavy atom. The highest BCUT2D eigenvalue weighted by Gasteiger charge is 2.19. The van der Waals surface area contributed by atoms with Crippen molar-refractivity contribution in [3.05, 3.63) is 58.1 Å². The average Bonchev–Trinajstić information content (AvgIpc) is 2.90. The number of anilines is 1. The Morgan fingerprint density at radius 2 is 1.96 bits per heavy atom. The number of thiazole rings is 1. The van der Waals surface area contributed by atoms with Crippen LogP contribution in [0.25, 0.3) is 10.2 Å². The molecule has 0 fully saturated rings. The number of hydrogen-bond donors (Lipinski definition) is 1. The summed E-state index contributed by atoms with van der Waals surface area (Å²) in [6, 6.07) is 10.5. The molecule has 0 spiro atoms. The molecule has 7 nitrogen and oxygen atoms in total. The number of nitrogens with zero attached hydrogens (tertiary/aromatic N) is 2. The number of benzene rings is 2. The Balaban J connectivity index is 1.98. The first-order valence-corrected chi connectivity index (χ1v) is 8.80. The zero-order valence-electron chi connectivity index (χ0n) is 11.9. The van der Waals surface area contributed by atoms with Crippen LogP contribution in [0.5, 0.6) is 0 Å². The maximum absolute atomic E-state index is 12.4. The number of hydrogen-bond acceptors (Lipinski definition) is 6. The molecule has 0 amide bonds. The van der Waals surface area contributed by atoms with Crippen molar-refractivity contribution in [1.29, 1.82) is 0 Å². The summed E-state index contributed by atoms with van der Waals surface area (Å²) < 4.78 is 28.0. The quantitative estimate of drug-likeness (QED) is 0.575.